The van der Waals surface area contributed by atoms with Gasteiger partial charge in [0.1, 0.15) is 12.4 Å². The van der Waals surface area contributed by atoms with E-state index >= 15 is 0 Å². The predicted molar refractivity (Wildman–Crippen MR) is 154 cm³/mol. The number of nitrogens with zero attached hydrogens (tertiary/aromatic N) is 3. The Kier molecular flexibility index (Phi) is 8.58. The molecule has 0 aliphatic carbocycles. The van der Waals surface area contributed by atoms with Crippen molar-refractivity contribution in [3.63, 3.8) is 0 Å². The van der Waals surface area contributed by atoms with Crippen LogP contribution in [0, 0.1) is 20.8 Å². The number of unbranched alkanes of at least 4 members (excludes halogenated alkanes) is 1. The van der Waals surface area contributed by atoms with E-state index in [4.69, 9.17) is 5.10 Å². The smallest absolute Gasteiger partial charge is 0.315 e. The van der Waals surface area contributed by atoms with Crippen LogP contribution in [-0.4, -0.2) is 39.7 Å². The predicted octanol–water partition coefficient (Wildman–Crippen LogP) is 6.74. The molecule has 1 heterocycles. The van der Waals surface area contributed by atoms with Crippen molar-refractivity contribution in [2.24, 2.45) is 0 Å². The number of rotatable bonds is 9. The van der Waals surface area contributed by atoms with Crippen molar-refractivity contribution in [1.29, 1.82) is 0 Å². The molecule has 38 heavy (non-hydrogen) atoms. The van der Waals surface area contributed by atoms with Crippen molar-refractivity contribution in [3.05, 3.63) is 95.6 Å². The summed E-state index contributed by atoms with van der Waals surface area (Å²) in [6.45, 7) is 8.51. The highest BCUT2D eigenvalue weighted by atomic mass is 16.2. The second-order valence-electron chi connectivity index (χ2n) is 9.61. The van der Waals surface area contributed by atoms with Gasteiger partial charge in [-0.25, -0.2) is 9.48 Å². The van der Waals surface area contributed by atoms with Crippen LogP contribution in [0.15, 0.2) is 78.9 Å². The average molecular weight is 510 g/mol. The minimum atomic E-state index is -0.299. The highest BCUT2D eigenvalue weighted by Crippen LogP contribution is 2.26. The number of aryl methyl sites for hydroxylation is 3. The summed E-state index contributed by atoms with van der Waals surface area (Å²) < 4.78 is 1.76. The van der Waals surface area contributed by atoms with Gasteiger partial charge in [-0.05, 0) is 56.5 Å². The van der Waals surface area contributed by atoms with Crippen LogP contribution in [0.1, 0.15) is 36.5 Å². The Morgan fingerprint density at radius 3 is 2.34 bits per heavy atom. The van der Waals surface area contributed by atoms with Crippen molar-refractivity contribution in [3.8, 4) is 16.9 Å². The standard InChI is InChI=1S/C31H35N5O2/c1-5-6-17-35(31(38)32-26-14-10-11-22(2)19-26)21-30(37)33-29-20-27(25-12-8-7-9-13-25)34-36(29)28-16-15-23(3)18-24(28)4/h7-16,18-20H,5-6,17,21H2,1-4H3,(H,32,38)(H,33,37). The lowest BCUT2D eigenvalue weighted by Gasteiger charge is -2.23. The molecule has 1 aromatic heterocycles. The third kappa shape index (κ3) is 6.68. The fourth-order valence-corrected chi connectivity index (χ4v) is 4.33. The minimum absolute atomic E-state index is 0.0730. The van der Waals surface area contributed by atoms with Crippen LogP contribution in [-0.2, 0) is 4.79 Å². The molecule has 0 fully saturated rings. The maximum Gasteiger partial charge on any atom is 0.322 e. The van der Waals surface area contributed by atoms with Crippen molar-refractivity contribution >= 4 is 23.4 Å². The van der Waals surface area contributed by atoms with Crippen molar-refractivity contribution in [2.45, 2.75) is 40.5 Å². The van der Waals surface area contributed by atoms with Gasteiger partial charge in [0.25, 0.3) is 0 Å². The Morgan fingerprint density at radius 1 is 0.868 bits per heavy atom. The summed E-state index contributed by atoms with van der Waals surface area (Å²) in [5, 5.41) is 10.8. The van der Waals surface area contributed by atoms with Crippen LogP contribution in [0.2, 0.25) is 0 Å². The number of nitrogens with one attached hydrogen (secondary N) is 2. The Morgan fingerprint density at radius 2 is 1.63 bits per heavy atom. The summed E-state index contributed by atoms with van der Waals surface area (Å²) in [6, 6.07) is 25.2. The lowest BCUT2D eigenvalue weighted by Crippen LogP contribution is -2.41. The van der Waals surface area contributed by atoms with E-state index in [0.717, 1.165) is 46.5 Å². The first kappa shape index (κ1) is 26.7. The number of urea groups is 1. The quantitative estimate of drug-likeness (QED) is 0.262. The van der Waals surface area contributed by atoms with Gasteiger partial charge in [-0.2, -0.15) is 5.10 Å². The fourth-order valence-electron chi connectivity index (χ4n) is 4.33. The van der Waals surface area contributed by atoms with Gasteiger partial charge >= 0.3 is 6.03 Å². The van der Waals surface area contributed by atoms with E-state index in [9.17, 15) is 9.59 Å². The van der Waals surface area contributed by atoms with E-state index in [1.54, 1.807) is 9.58 Å². The number of anilines is 2. The molecule has 0 aliphatic rings. The Bertz CT molecular complexity index is 1410. The molecule has 3 aromatic carbocycles. The van der Waals surface area contributed by atoms with Gasteiger partial charge in [0.15, 0.2) is 0 Å². The summed E-state index contributed by atoms with van der Waals surface area (Å²) >= 11 is 0. The zero-order valence-corrected chi connectivity index (χ0v) is 22.5. The molecule has 7 heteroatoms. The molecule has 0 saturated carbocycles. The fraction of sp³-hybridized carbons (Fsp3) is 0.258. The monoisotopic (exact) mass is 509 g/mol. The van der Waals surface area contributed by atoms with E-state index in [-0.39, 0.29) is 18.5 Å². The number of amides is 3. The third-order valence-corrected chi connectivity index (χ3v) is 6.30. The second-order valence-corrected chi connectivity index (χ2v) is 9.61. The molecular weight excluding hydrogens is 474 g/mol. The minimum Gasteiger partial charge on any atom is -0.315 e. The van der Waals surface area contributed by atoms with Crippen LogP contribution < -0.4 is 10.6 Å². The SMILES string of the molecule is CCCCN(CC(=O)Nc1cc(-c2ccccc2)nn1-c1ccc(C)cc1C)C(=O)Nc1cccc(C)c1. The van der Waals surface area contributed by atoms with E-state index in [1.165, 1.54) is 0 Å². The molecular formula is C31H35N5O2. The second kappa shape index (κ2) is 12.2. The molecule has 0 bridgehead atoms. The largest absolute Gasteiger partial charge is 0.322 e. The van der Waals surface area contributed by atoms with E-state index < -0.39 is 0 Å². The van der Waals surface area contributed by atoms with Gasteiger partial charge in [-0.15, -0.1) is 0 Å². The number of carbonyl (C=O) groups is 2. The van der Waals surface area contributed by atoms with Gasteiger partial charge in [-0.1, -0.05) is 73.5 Å². The number of hydrogen-bond acceptors (Lipinski definition) is 3. The first-order valence-electron chi connectivity index (χ1n) is 13.0. The molecule has 0 unspecified atom stereocenters. The van der Waals surface area contributed by atoms with Crippen molar-refractivity contribution < 1.29 is 9.59 Å². The van der Waals surface area contributed by atoms with E-state index in [0.29, 0.717) is 18.1 Å². The maximum absolute atomic E-state index is 13.3. The highest BCUT2D eigenvalue weighted by molar-refractivity contribution is 5.97. The lowest BCUT2D eigenvalue weighted by atomic mass is 10.1. The van der Waals surface area contributed by atoms with Crippen LogP contribution >= 0.6 is 0 Å². The van der Waals surface area contributed by atoms with Gasteiger partial charge in [0.2, 0.25) is 5.91 Å². The molecule has 0 radical (unpaired) electrons. The number of hydrogen-bond donors (Lipinski definition) is 2. The average Bonchev–Trinajstić information content (AvgIpc) is 3.30. The molecule has 0 atom stereocenters. The zero-order chi connectivity index (χ0) is 27.1. The summed E-state index contributed by atoms with van der Waals surface area (Å²) in [5.41, 5.74) is 6.54. The zero-order valence-electron chi connectivity index (χ0n) is 22.5. The molecule has 2 N–H and O–H groups in total. The van der Waals surface area contributed by atoms with Crippen LogP contribution in [0.5, 0.6) is 0 Å². The third-order valence-electron chi connectivity index (χ3n) is 6.30. The van der Waals surface area contributed by atoms with Gasteiger partial charge in [0.05, 0.1) is 11.4 Å². The number of benzene rings is 3. The normalized spacial score (nSPS) is 10.7. The molecule has 0 saturated heterocycles. The van der Waals surface area contributed by atoms with E-state index in [1.807, 2.05) is 93.6 Å². The Labute approximate surface area is 224 Å². The molecule has 4 aromatic rings. The maximum atomic E-state index is 13.3. The van der Waals surface area contributed by atoms with Gasteiger partial charge < -0.3 is 15.5 Å². The van der Waals surface area contributed by atoms with Crippen molar-refractivity contribution in [2.75, 3.05) is 23.7 Å². The molecule has 3 amide bonds. The summed E-state index contributed by atoms with van der Waals surface area (Å²) in [5.74, 6) is 0.265. The van der Waals surface area contributed by atoms with Gasteiger partial charge in [-0.3, -0.25) is 4.79 Å². The molecule has 196 valence electrons. The van der Waals surface area contributed by atoms with Crippen LogP contribution in [0.4, 0.5) is 16.3 Å². The van der Waals surface area contributed by atoms with Gasteiger partial charge in [0, 0.05) is 23.9 Å². The number of aromatic nitrogens is 2. The van der Waals surface area contributed by atoms with Crippen LogP contribution in [0.3, 0.4) is 0 Å². The van der Waals surface area contributed by atoms with E-state index in [2.05, 4.69) is 23.6 Å². The summed E-state index contributed by atoms with van der Waals surface area (Å²) in [4.78, 5) is 27.9. The first-order valence-corrected chi connectivity index (χ1v) is 13.0. The lowest BCUT2D eigenvalue weighted by molar-refractivity contribution is -0.116. The Balaban J connectivity index is 1.58. The molecule has 4 rings (SSSR count). The number of carbonyl (C=O) groups excluding carboxylic acids is 2. The first-order chi connectivity index (χ1) is 18.3. The summed E-state index contributed by atoms with van der Waals surface area (Å²) in [7, 11) is 0. The molecule has 7 nitrogen and oxygen atoms in total. The van der Waals surface area contributed by atoms with Crippen LogP contribution in [0.25, 0.3) is 16.9 Å². The topological polar surface area (TPSA) is 79.3 Å². The molecule has 0 spiro atoms. The Hall–Kier alpha value is -4.39. The van der Waals surface area contributed by atoms with Crippen molar-refractivity contribution in [1.82, 2.24) is 14.7 Å². The highest BCUT2D eigenvalue weighted by Gasteiger charge is 2.20. The summed E-state index contributed by atoms with van der Waals surface area (Å²) in [6.07, 6.45) is 1.71. The molecule has 0 aliphatic heterocycles.